The first-order valence-electron chi connectivity index (χ1n) is 8.84. The Labute approximate surface area is 147 Å². The largest absolute Gasteiger partial charge is 0.384 e. The van der Waals surface area contributed by atoms with Crippen molar-refractivity contribution in [2.45, 2.75) is 40.0 Å². The second-order valence-electron chi connectivity index (χ2n) is 6.46. The lowest BCUT2D eigenvalue weighted by atomic mass is 9.99. The summed E-state index contributed by atoms with van der Waals surface area (Å²) in [6.45, 7) is 7.50. The third kappa shape index (κ3) is 3.18. The maximum atomic E-state index is 13.0. The zero-order valence-corrected chi connectivity index (χ0v) is 15.5. The van der Waals surface area contributed by atoms with Crippen LogP contribution in [0.25, 0.3) is 20.2 Å². The van der Waals surface area contributed by atoms with Gasteiger partial charge >= 0.3 is 0 Å². The van der Waals surface area contributed by atoms with Gasteiger partial charge in [-0.15, -0.1) is 11.3 Å². The molecule has 0 fully saturated rings. The van der Waals surface area contributed by atoms with Gasteiger partial charge in [-0.3, -0.25) is 4.79 Å². The number of benzene rings is 2. The van der Waals surface area contributed by atoms with Gasteiger partial charge in [0.15, 0.2) is 5.43 Å². The Kier molecular flexibility index (Phi) is 5.20. The molecule has 0 bridgehead atoms. The van der Waals surface area contributed by atoms with Crippen molar-refractivity contribution in [2.24, 2.45) is 5.92 Å². The van der Waals surface area contributed by atoms with Crippen LogP contribution in [0.1, 0.15) is 38.7 Å². The van der Waals surface area contributed by atoms with Gasteiger partial charge < -0.3 is 5.32 Å². The van der Waals surface area contributed by atoms with Gasteiger partial charge in [0.1, 0.15) is 0 Å². The predicted octanol–water partition coefficient (Wildman–Crippen LogP) is 5.96. The van der Waals surface area contributed by atoms with Gasteiger partial charge in [-0.2, -0.15) is 0 Å². The summed E-state index contributed by atoms with van der Waals surface area (Å²) in [6, 6.07) is 12.1. The molecule has 3 aromatic rings. The molecule has 1 heterocycles. The Hall–Kier alpha value is -1.87. The first-order valence-corrected chi connectivity index (χ1v) is 9.66. The number of aryl methyl sites for hydroxylation is 1. The summed E-state index contributed by atoms with van der Waals surface area (Å²) in [5.74, 6) is 0.754. The normalized spacial score (nSPS) is 11.5. The van der Waals surface area contributed by atoms with E-state index in [9.17, 15) is 4.79 Å². The summed E-state index contributed by atoms with van der Waals surface area (Å²) in [4.78, 5) is 13.0. The molecule has 0 spiro atoms. The smallest absolute Gasteiger partial charge is 0.197 e. The molecule has 3 heteroatoms. The van der Waals surface area contributed by atoms with E-state index in [-0.39, 0.29) is 5.43 Å². The van der Waals surface area contributed by atoms with Crippen LogP contribution in [0, 0.1) is 12.8 Å². The van der Waals surface area contributed by atoms with E-state index in [4.69, 9.17) is 0 Å². The topological polar surface area (TPSA) is 29.1 Å². The summed E-state index contributed by atoms with van der Waals surface area (Å²) in [6.07, 6.45) is 3.58. The lowest BCUT2D eigenvalue weighted by Crippen LogP contribution is -2.11. The SMILES string of the molecule is CCC(CC)CCNc1ccc(C)c2sc3ccccc3c(=O)c12. The van der Waals surface area contributed by atoms with Crippen molar-refractivity contribution in [3.63, 3.8) is 0 Å². The van der Waals surface area contributed by atoms with Gasteiger partial charge in [0.25, 0.3) is 0 Å². The van der Waals surface area contributed by atoms with Gasteiger partial charge in [0.05, 0.1) is 5.39 Å². The fraction of sp³-hybridized carbons (Fsp3) is 0.381. The average molecular weight is 340 g/mol. The quantitative estimate of drug-likeness (QED) is 0.561. The van der Waals surface area contributed by atoms with Crippen molar-refractivity contribution in [2.75, 3.05) is 11.9 Å². The zero-order chi connectivity index (χ0) is 17.1. The maximum Gasteiger partial charge on any atom is 0.197 e. The first-order chi connectivity index (χ1) is 11.7. The highest BCUT2D eigenvalue weighted by atomic mass is 32.1. The summed E-state index contributed by atoms with van der Waals surface area (Å²) in [5, 5.41) is 5.20. The standard InChI is InChI=1S/C21H25NOS/c1-4-15(5-2)12-13-22-17-11-10-14(3)21-19(17)20(23)16-8-6-7-9-18(16)24-21/h6-11,15,22H,4-5,12-13H2,1-3H3. The lowest BCUT2D eigenvalue weighted by Gasteiger charge is -2.15. The molecule has 24 heavy (non-hydrogen) atoms. The number of anilines is 1. The molecular formula is C21H25NOS. The number of nitrogens with one attached hydrogen (secondary N) is 1. The van der Waals surface area contributed by atoms with Crippen LogP contribution in [0.2, 0.25) is 0 Å². The van der Waals surface area contributed by atoms with Crippen LogP contribution in [-0.2, 0) is 0 Å². The summed E-state index contributed by atoms with van der Waals surface area (Å²) in [5.41, 5.74) is 2.30. The van der Waals surface area contributed by atoms with Gasteiger partial charge in [-0.25, -0.2) is 0 Å². The zero-order valence-electron chi connectivity index (χ0n) is 14.7. The molecule has 0 saturated carbocycles. The van der Waals surface area contributed by atoms with Crippen LogP contribution in [0.4, 0.5) is 5.69 Å². The molecule has 0 radical (unpaired) electrons. The second-order valence-corrected chi connectivity index (χ2v) is 7.51. The molecule has 0 aliphatic rings. The first kappa shape index (κ1) is 17.0. The third-order valence-electron chi connectivity index (χ3n) is 4.95. The van der Waals surface area contributed by atoms with Crippen LogP contribution in [-0.4, -0.2) is 6.54 Å². The van der Waals surface area contributed by atoms with Crippen LogP contribution in [0.3, 0.4) is 0 Å². The van der Waals surface area contributed by atoms with Crippen molar-refractivity contribution in [1.29, 1.82) is 0 Å². The van der Waals surface area contributed by atoms with Crippen molar-refractivity contribution >= 4 is 37.2 Å². The van der Waals surface area contributed by atoms with Crippen molar-refractivity contribution in [3.05, 3.63) is 52.2 Å². The minimum absolute atomic E-state index is 0.146. The van der Waals surface area contributed by atoms with Gasteiger partial charge in [0.2, 0.25) is 0 Å². The number of fused-ring (bicyclic) bond motifs is 2. The molecule has 1 aromatic heterocycles. The van der Waals surface area contributed by atoms with Crippen LogP contribution < -0.4 is 10.7 Å². The predicted molar refractivity (Wildman–Crippen MR) is 108 cm³/mol. The molecular weight excluding hydrogens is 314 g/mol. The Morgan fingerprint density at radius 3 is 2.58 bits per heavy atom. The summed E-state index contributed by atoms with van der Waals surface area (Å²) >= 11 is 1.71. The molecule has 0 atom stereocenters. The highest BCUT2D eigenvalue weighted by molar-refractivity contribution is 7.24. The van der Waals surface area contributed by atoms with Gasteiger partial charge in [-0.1, -0.05) is 44.9 Å². The van der Waals surface area contributed by atoms with Crippen LogP contribution >= 0.6 is 11.3 Å². The number of hydrogen-bond donors (Lipinski definition) is 1. The molecule has 2 aromatic carbocycles. The molecule has 0 saturated heterocycles. The average Bonchev–Trinajstić information content (AvgIpc) is 2.61. The summed E-state index contributed by atoms with van der Waals surface area (Å²) < 4.78 is 2.17. The summed E-state index contributed by atoms with van der Waals surface area (Å²) in [7, 11) is 0. The highest BCUT2D eigenvalue weighted by Crippen LogP contribution is 2.31. The fourth-order valence-corrected chi connectivity index (χ4v) is 4.46. The van der Waals surface area contributed by atoms with Gasteiger partial charge in [-0.05, 0) is 43.0 Å². The Balaban J connectivity index is 2.04. The van der Waals surface area contributed by atoms with E-state index >= 15 is 0 Å². The van der Waals surface area contributed by atoms with Gasteiger partial charge in [0, 0.05) is 27.0 Å². The van der Waals surface area contributed by atoms with E-state index < -0.39 is 0 Å². The highest BCUT2D eigenvalue weighted by Gasteiger charge is 2.12. The lowest BCUT2D eigenvalue weighted by molar-refractivity contribution is 0.468. The van der Waals surface area contributed by atoms with E-state index in [1.54, 1.807) is 11.3 Å². The van der Waals surface area contributed by atoms with Crippen molar-refractivity contribution in [1.82, 2.24) is 0 Å². The third-order valence-corrected chi connectivity index (χ3v) is 6.25. The minimum Gasteiger partial charge on any atom is -0.384 e. The monoisotopic (exact) mass is 339 g/mol. The molecule has 2 nitrogen and oxygen atoms in total. The van der Waals surface area contributed by atoms with Crippen molar-refractivity contribution < 1.29 is 0 Å². The van der Waals surface area contributed by atoms with Crippen LogP contribution in [0.15, 0.2) is 41.2 Å². The second kappa shape index (κ2) is 7.35. The Morgan fingerprint density at radius 1 is 1.08 bits per heavy atom. The number of hydrogen-bond acceptors (Lipinski definition) is 3. The molecule has 0 unspecified atom stereocenters. The molecule has 0 amide bonds. The van der Waals surface area contributed by atoms with E-state index in [0.29, 0.717) is 0 Å². The van der Waals surface area contributed by atoms with E-state index in [0.717, 1.165) is 44.7 Å². The maximum absolute atomic E-state index is 13.0. The van der Waals surface area contributed by atoms with E-state index in [1.807, 2.05) is 24.3 Å². The minimum atomic E-state index is 0.146. The molecule has 0 aliphatic heterocycles. The molecule has 1 N–H and O–H groups in total. The van der Waals surface area contributed by atoms with E-state index in [2.05, 4.69) is 38.2 Å². The molecule has 0 aliphatic carbocycles. The number of rotatable bonds is 6. The molecule has 126 valence electrons. The Bertz CT molecular complexity index is 909. The van der Waals surface area contributed by atoms with Crippen molar-refractivity contribution in [3.8, 4) is 0 Å². The Morgan fingerprint density at radius 2 is 1.83 bits per heavy atom. The fourth-order valence-electron chi connectivity index (χ4n) is 3.29. The van der Waals surface area contributed by atoms with Crippen LogP contribution in [0.5, 0.6) is 0 Å². The van der Waals surface area contributed by atoms with E-state index in [1.165, 1.54) is 18.4 Å². The molecule has 3 rings (SSSR count).